The fourth-order valence-corrected chi connectivity index (χ4v) is 2.50. The van der Waals surface area contributed by atoms with Gasteiger partial charge >= 0.3 is 0 Å². The smallest absolute Gasteiger partial charge is 0.137 e. The Morgan fingerprint density at radius 1 is 0.889 bits per heavy atom. The molecule has 3 rings (SSSR count). The fourth-order valence-electron chi connectivity index (χ4n) is 2.50. The van der Waals surface area contributed by atoms with Gasteiger partial charge in [0, 0.05) is 35.6 Å². The summed E-state index contributed by atoms with van der Waals surface area (Å²) in [6, 6.07) is 14.7. The molecule has 0 aliphatic rings. The van der Waals surface area contributed by atoms with Gasteiger partial charge in [0.1, 0.15) is 11.2 Å². The Morgan fingerprint density at radius 2 is 1.61 bits per heavy atom. The second-order valence-electron chi connectivity index (χ2n) is 4.45. The van der Waals surface area contributed by atoms with E-state index in [1.165, 1.54) is 16.5 Å². The number of benzene rings is 2. The van der Waals surface area contributed by atoms with Gasteiger partial charge in [0.15, 0.2) is 0 Å². The number of furan rings is 1. The zero-order chi connectivity index (χ0) is 12.5. The molecule has 0 aliphatic heterocycles. The molecule has 18 heavy (non-hydrogen) atoms. The second-order valence-corrected chi connectivity index (χ2v) is 4.45. The van der Waals surface area contributed by atoms with E-state index in [9.17, 15) is 0 Å². The summed E-state index contributed by atoms with van der Waals surface area (Å²) in [6.07, 6.45) is 0. The average molecular weight is 239 g/mol. The van der Waals surface area contributed by atoms with E-state index in [0.717, 1.165) is 24.3 Å². The van der Waals surface area contributed by atoms with Crippen molar-refractivity contribution in [3.63, 3.8) is 0 Å². The summed E-state index contributed by atoms with van der Waals surface area (Å²) in [6.45, 7) is 6.38. The minimum absolute atomic E-state index is 0.962. The van der Waals surface area contributed by atoms with Crippen molar-refractivity contribution in [2.45, 2.75) is 13.8 Å². The Morgan fingerprint density at radius 3 is 2.39 bits per heavy atom. The number of fused-ring (bicyclic) bond motifs is 3. The summed E-state index contributed by atoms with van der Waals surface area (Å²) in [4.78, 5) is 2.33. The molecule has 0 N–H and O–H groups in total. The minimum atomic E-state index is 0.962. The lowest BCUT2D eigenvalue weighted by Crippen LogP contribution is -2.21. The maximum atomic E-state index is 5.91. The number of hydrogen-bond donors (Lipinski definition) is 0. The van der Waals surface area contributed by atoms with Crippen molar-refractivity contribution in [3.05, 3.63) is 42.5 Å². The molecule has 0 saturated heterocycles. The standard InChI is InChI=1S/C16H17NO/c1-3-17(4-2)12-9-10-14-13-7-5-6-8-15(13)18-16(14)11-12/h5-11H,3-4H2,1-2H3. The number of anilines is 1. The number of rotatable bonds is 3. The number of para-hydroxylation sites is 1. The van der Waals surface area contributed by atoms with Crippen molar-refractivity contribution in [2.24, 2.45) is 0 Å². The first-order valence-electron chi connectivity index (χ1n) is 6.49. The van der Waals surface area contributed by atoms with Gasteiger partial charge in [-0.1, -0.05) is 18.2 Å². The van der Waals surface area contributed by atoms with Crippen LogP contribution in [0.3, 0.4) is 0 Å². The summed E-state index contributed by atoms with van der Waals surface area (Å²) in [7, 11) is 0. The van der Waals surface area contributed by atoms with Crippen LogP contribution in [0.5, 0.6) is 0 Å². The van der Waals surface area contributed by atoms with Crippen LogP contribution in [0.15, 0.2) is 46.9 Å². The Hall–Kier alpha value is -1.96. The molecule has 92 valence electrons. The minimum Gasteiger partial charge on any atom is -0.456 e. The SMILES string of the molecule is CCN(CC)c1ccc2c(c1)oc1ccccc12. The van der Waals surface area contributed by atoms with Gasteiger partial charge < -0.3 is 9.32 Å². The van der Waals surface area contributed by atoms with Gasteiger partial charge in [-0.25, -0.2) is 0 Å². The lowest BCUT2D eigenvalue weighted by molar-refractivity contribution is 0.668. The molecule has 2 aromatic carbocycles. The molecule has 1 aromatic heterocycles. The molecule has 0 amide bonds. The summed E-state index contributed by atoms with van der Waals surface area (Å²) < 4.78 is 5.91. The molecule has 0 spiro atoms. The van der Waals surface area contributed by atoms with Crippen LogP contribution in [0.2, 0.25) is 0 Å². The fraction of sp³-hybridized carbons (Fsp3) is 0.250. The first-order chi connectivity index (χ1) is 8.83. The molecule has 0 saturated carbocycles. The van der Waals surface area contributed by atoms with E-state index in [0.29, 0.717) is 0 Å². The molecule has 1 heterocycles. The first-order valence-corrected chi connectivity index (χ1v) is 6.49. The van der Waals surface area contributed by atoms with Crippen molar-refractivity contribution in [1.29, 1.82) is 0 Å². The lowest BCUT2D eigenvalue weighted by atomic mass is 10.1. The van der Waals surface area contributed by atoms with Gasteiger partial charge in [-0.2, -0.15) is 0 Å². The molecule has 2 nitrogen and oxygen atoms in total. The zero-order valence-corrected chi connectivity index (χ0v) is 10.8. The summed E-state index contributed by atoms with van der Waals surface area (Å²) in [5.74, 6) is 0. The third-order valence-corrected chi connectivity index (χ3v) is 3.49. The maximum Gasteiger partial charge on any atom is 0.137 e. The van der Waals surface area contributed by atoms with Crippen LogP contribution in [0.25, 0.3) is 21.9 Å². The molecule has 0 bridgehead atoms. The monoisotopic (exact) mass is 239 g/mol. The van der Waals surface area contributed by atoms with E-state index in [1.54, 1.807) is 0 Å². The van der Waals surface area contributed by atoms with Crippen LogP contribution in [0.4, 0.5) is 5.69 Å². The van der Waals surface area contributed by atoms with E-state index >= 15 is 0 Å². The van der Waals surface area contributed by atoms with Gasteiger partial charge in [-0.15, -0.1) is 0 Å². The molecule has 0 unspecified atom stereocenters. The Kier molecular flexibility index (Phi) is 2.71. The quantitative estimate of drug-likeness (QED) is 0.672. The van der Waals surface area contributed by atoms with Gasteiger partial charge in [-0.3, -0.25) is 0 Å². The lowest BCUT2D eigenvalue weighted by Gasteiger charge is -2.20. The highest BCUT2D eigenvalue weighted by Gasteiger charge is 2.08. The number of hydrogen-bond acceptors (Lipinski definition) is 2. The highest BCUT2D eigenvalue weighted by Crippen LogP contribution is 2.31. The van der Waals surface area contributed by atoms with Crippen LogP contribution in [-0.2, 0) is 0 Å². The predicted molar refractivity (Wildman–Crippen MR) is 77.3 cm³/mol. The van der Waals surface area contributed by atoms with Gasteiger partial charge in [0.2, 0.25) is 0 Å². The van der Waals surface area contributed by atoms with E-state index in [4.69, 9.17) is 4.42 Å². The molecule has 0 radical (unpaired) electrons. The van der Waals surface area contributed by atoms with Crippen molar-refractivity contribution in [2.75, 3.05) is 18.0 Å². The Bertz CT molecular complexity index is 680. The van der Waals surface area contributed by atoms with Crippen molar-refractivity contribution in [3.8, 4) is 0 Å². The third kappa shape index (κ3) is 1.65. The van der Waals surface area contributed by atoms with Crippen molar-refractivity contribution < 1.29 is 4.42 Å². The van der Waals surface area contributed by atoms with E-state index in [-0.39, 0.29) is 0 Å². The highest BCUT2D eigenvalue weighted by atomic mass is 16.3. The molecule has 2 heteroatoms. The maximum absolute atomic E-state index is 5.91. The van der Waals surface area contributed by atoms with E-state index in [2.05, 4.69) is 49.1 Å². The normalized spacial score (nSPS) is 11.2. The van der Waals surface area contributed by atoms with Gasteiger partial charge in [0.25, 0.3) is 0 Å². The largest absolute Gasteiger partial charge is 0.456 e. The van der Waals surface area contributed by atoms with E-state index in [1.807, 2.05) is 12.1 Å². The zero-order valence-electron chi connectivity index (χ0n) is 10.8. The molecule has 3 aromatic rings. The summed E-state index contributed by atoms with van der Waals surface area (Å²) in [5, 5.41) is 2.39. The Balaban J connectivity index is 2.21. The third-order valence-electron chi connectivity index (χ3n) is 3.49. The van der Waals surface area contributed by atoms with Crippen LogP contribution in [0.1, 0.15) is 13.8 Å². The molecule has 0 fully saturated rings. The highest BCUT2D eigenvalue weighted by molar-refractivity contribution is 6.05. The molecular weight excluding hydrogens is 222 g/mol. The van der Waals surface area contributed by atoms with Crippen molar-refractivity contribution in [1.82, 2.24) is 0 Å². The number of nitrogens with zero attached hydrogens (tertiary/aromatic N) is 1. The average Bonchev–Trinajstić information content (AvgIpc) is 2.78. The van der Waals surface area contributed by atoms with Crippen LogP contribution in [-0.4, -0.2) is 13.1 Å². The molecule has 0 atom stereocenters. The topological polar surface area (TPSA) is 16.4 Å². The van der Waals surface area contributed by atoms with E-state index < -0.39 is 0 Å². The van der Waals surface area contributed by atoms with Crippen molar-refractivity contribution >= 4 is 27.6 Å². The second kappa shape index (κ2) is 4.37. The van der Waals surface area contributed by atoms with Crippen LogP contribution >= 0.6 is 0 Å². The molecule has 0 aliphatic carbocycles. The van der Waals surface area contributed by atoms with Gasteiger partial charge in [-0.05, 0) is 32.0 Å². The molecular formula is C16H17NO. The van der Waals surface area contributed by atoms with Crippen LogP contribution in [0, 0.1) is 0 Å². The predicted octanol–water partition coefficient (Wildman–Crippen LogP) is 4.43. The van der Waals surface area contributed by atoms with Gasteiger partial charge in [0.05, 0.1) is 0 Å². The summed E-state index contributed by atoms with van der Waals surface area (Å²) >= 11 is 0. The first kappa shape index (κ1) is 11.1. The summed E-state index contributed by atoms with van der Waals surface area (Å²) in [5.41, 5.74) is 3.16. The van der Waals surface area contributed by atoms with Crippen LogP contribution < -0.4 is 4.90 Å². The Labute approximate surface area is 107 Å².